The van der Waals surface area contributed by atoms with E-state index >= 15 is 0 Å². The van der Waals surface area contributed by atoms with E-state index in [1.165, 1.54) is 0 Å². The first-order valence-electron chi connectivity index (χ1n) is 10.1. The molecule has 9 heteroatoms. The van der Waals surface area contributed by atoms with Gasteiger partial charge in [-0.1, -0.05) is 0 Å². The van der Waals surface area contributed by atoms with Crippen molar-refractivity contribution in [2.45, 2.75) is 25.0 Å². The Balaban J connectivity index is 0.000000755. The molecule has 0 aromatic carbocycles. The number of nitrogens with one attached hydrogen (secondary N) is 1. The number of anilines is 1. The van der Waals surface area contributed by atoms with Crippen LogP contribution in [0.15, 0.2) is 18.3 Å². The van der Waals surface area contributed by atoms with Crippen molar-refractivity contribution in [2.24, 2.45) is 11.8 Å². The Bertz CT molecular complexity index is 697. The monoisotopic (exact) mass is 406 g/mol. The number of hydrogen-bond donors (Lipinski definition) is 3. The van der Waals surface area contributed by atoms with E-state index in [-0.39, 0.29) is 24.5 Å². The van der Waals surface area contributed by atoms with Gasteiger partial charge in [-0.15, -0.1) is 0 Å². The summed E-state index contributed by atoms with van der Waals surface area (Å²) in [6.07, 6.45) is 3.12. The zero-order valence-electron chi connectivity index (χ0n) is 16.7. The molecule has 1 amide bonds. The lowest BCUT2D eigenvalue weighted by Gasteiger charge is -2.43. The Kier molecular flexibility index (Phi) is 7.40. The average Bonchev–Trinajstić information content (AvgIpc) is 3.16. The summed E-state index contributed by atoms with van der Waals surface area (Å²) in [7, 11) is 1.78. The third-order valence-electron chi connectivity index (χ3n) is 6.19. The first-order chi connectivity index (χ1) is 14.1. The molecule has 4 rings (SSSR count). The minimum Gasteiger partial charge on any atom is -0.483 e. The quantitative estimate of drug-likeness (QED) is 0.617. The van der Waals surface area contributed by atoms with Gasteiger partial charge in [0.25, 0.3) is 12.4 Å². The number of carboxylic acid groups (broad SMARTS) is 1. The largest absolute Gasteiger partial charge is 0.483 e. The second kappa shape index (κ2) is 10.00. The molecule has 3 fully saturated rings. The van der Waals surface area contributed by atoms with Crippen LogP contribution >= 0.6 is 0 Å². The SMILES string of the molecule is CNc1ncccc1C(=O)N1C[C@H]2C[C@@H](N3CCOCC3)[C@H](O)C[C@H]2C1.O=CO. The lowest BCUT2D eigenvalue weighted by molar-refractivity contribution is -0.122. The zero-order chi connectivity index (χ0) is 20.8. The van der Waals surface area contributed by atoms with E-state index in [1.54, 1.807) is 19.3 Å². The topological polar surface area (TPSA) is 115 Å². The summed E-state index contributed by atoms with van der Waals surface area (Å²) in [5.74, 6) is 1.51. The van der Waals surface area contributed by atoms with Gasteiger partial charge in [0.1, 0.15) is 5.82 Å². The van der Waals surface area contributed by atoms with Gasteiger partial charge in [-0.05, 0) is 36.8 Å². The number of ether oxygens (including phenoxy) is 1. The lowest BCUT2D eigenvalue weighted by atomic mass is 9.77. The van der Waals surface area contributed by atoms with Crippen molar-refractivity contribution in [3.05, 3.63) is 23.9 Å². The number of rotatable bonds is 3. The van der Waals surface area contributed by atoms with Crippen LogP contribution in [0.5, 0.6) is 0 Å². The molecule has 2 aliphatic heterocycles. The summed E-state index contributed by atoms with van der Waals surface area (Å²) >= 11 is 0. The van der Waals surface area contributed by atoms with Gasteiger partial charge in [-0.2, -0.15) is 0 Å². The van der Waals surface area contributed by atoms with Gasteiger partial charge in [0.05, 0.1) is 24.9 Å². The molecule has 1 saturated carbocycles. The van der Waals surface area contributed by atoms with Gasteiger partial charge in [0.15, 0.2) is 0 Å². The molecular formula is C20H30N4O5. The number of fused-ring (bicyclic) bond motifs is 1. The fourth-order valence-corrected chi connectivity index (χ4v) is 4.82. The summed E-state index contributed by atoms with van der Waals surface area (Å²) in [5.41, 5.74) is 0.624. The molecule has 0 spiro atoms. The molecule has 3 heterocycles. The number of nitrogens with zero attached hydrogens (tertiary/aromatic N) is 3. The predicted octanol–water partition coefficient (Wildman–Crippen LogP) is 0.368. The van der Waals surface area contributed by atoms with E-state index < -0.39 is 0 Å². The molecule has 2 saturated heterocycles. The van der Waals surface area contributed by atoms with Crippen molar-refractivity contribution >= 4 is 18.2 Å². The number of hydrogen-bond acceptors (Lipinski definition) is 7. The second-order valence-electron chi connectivity index (χ2n) is 7.74. The van der Waals surface area contributed by atoms with E-state index in [9.17, 15) is 9.90 Å². The van der Waals surface area contributed by atoms with Crippen molar-refractivity contribution in [3.63, 3.8) is 0 Å². The standard InChI is InChI=1S/C19H28N4O3.CH2O2/c1-20-18-15(3-2-4-21-18)19(25)23-11-13-9-16(17(24)10-14(13)12-23)22-5-7-26-8-6-22;2-1-3/h2-4,13-14,16-17,24H,5-12H2,1H3,(H,20,21);1H,(H,2,3)/t13-,14+,16-,17-;/m1./s1. The van der Waals surface area contributed by atoms with Crippen LogP contribution in [0.1, 0.15) is 23.2 Å². The smallest absolute Gasteiger partial charge is 0.290 e. The number of carbonyl (C=O) groups is 2. The summed E-state index contributed by atoms with van der Waals surface area (Å²) in [6.45, 7) is 4.53. The predicted molar refractivity (Wildman–Crippen MR) is 107 cm³/mol. The number of morpholine rings is 1. The maximum absolute atomic E-state index is 13.0. The van der Waals surface area contributed by atoms with Crippen LogP contribution in [0.25, 0.3) is 0 Å². The summed E-state index contributed by atoms with van der Waals surface area (Å²) in [6, 6.07) is 3.82. The number of carbonyl (C=O) groups excluding carboxylic acids is 1. The van der Waals surface area contributed by atoms with Crippen molar-refractivity contribution in [1.82, 2.24) is 14.8 Å². The molecule has 3 N–H and O–H groups in total. The normalized spacial score (nSPS) is 29.4. The van der Waals surface area contributed by atoms with Crippen LogP contribution in [0, 0.1) is 11.8 Å². The first kappa shape index (κ1) is 21.5. The highest BCUT2D eigenvalue weighted by molar-refractivity contribution is 5.98. The van der Waals surface area contributed by atoms with E-state index in [0.29, 0.717) is 23.2 Å². The molecule has 1 aromatic heterocycles. The number of aromatic nitrogens is 1. The highest BCUT2D eigenvalue weighted by Gasteiger charge is 2.45. The number of aliphatic hydroxyl groups is 1. The molecule has 1 aromatic rings. The number of likely N-dealkylation sites (tertiary alicyclic amines) is 1. The minimum atomic E-state index is -0.310. The van der Waals surface area contributed by atoms with Crippen LogP contribution in [-0.2, 0) is 9.53 Å². The molecule has 1 aliphatic carbocycles. The molecular weight excluding hydrogens is 376 g/mol. The third-order valence-corrected chi connectivity index (χ3v) is 6.19. The summed E-state index contributed by atoms with van der Waals surface area (Å²) < 4.78 is 5.44. The number of pyridine rings is 1. The lowest BCUT2D eigenvalue weighted by Crippen LogP contribution is -2.53. The minimum absolute atomic E-state index is 0.0364. The van der Waals surface area contributed by atoms with Crippen molar-refractivity contribution in [1.29, 1.82) is 0 Å². The van der Waals surface area contributed by atoms with E-state index in [4.69, 9.17) is 14.6 Å². The average molecular weight is 406 g/mol. The molecule has 3 aliphatic rings. The van der Waals surface area contributed by atoms with Crippen LogP contribution in [0.3, 0.4) is 0 Å². The van der Waals surface area contributed by atoms with Crippen LogP contribution in [0.4, 0.5) is 5.82 Å². The first-order valence-corrected chi connectivity index (χ1v) is 10.1. The van der Waals surface area contributed by atoms with Gasteiger partial charge in [-0.3, -0.25) is 14.5 Å². The second-order valence-corrected chi connectivity index (χ2v) is 7.74. The Morgan fingerprint density at radius 3 is 2.59 bits per heavy atom. The van der Waals surface area contributed by atoms with Gasteiger partial charge in [-0.25, -0.2) is 4.98 Å². The molecule has 9 nitrogen and oxygen atoms in total. The van der Waals surface area contributed by atoms with Gasteiger partial charge in [0.2, 0.25) is 0 Å². The van der Waals surface area contributed by atoms with Crippen LogP contribution < -0.4 is 5.32 Å². The number of amides is 1. The molecule has 29 heavy (non-hydrogen) atoms. The Labute approximate surface area is 170 Å². The fraction of sp³-hybridized carbons (Fsp3) is 0.650. The molecule has 0 radical (unpaired) electrons. The van der Waals surface area contributed by atoms with Crippen molar-refractivity contribution in [3.8, 4) is 0 Å². The maximum atomic E-state index is 13.0. The third kappa shape index (κ3) is 4.85. The maximum Gasteiger partial charge on any atom is 0.290 e. The summed E-state index contributed by atoms with van der Waals surface area (Å²) in [5, 5.41) is 20.6. The Hall–Kier alpha value is -2.23. The van der Waals surface area contributed by atoms with E-state index in [1.807, 2.05) is 11.0 Å². The number of aliphatic hydroxyl groups excluding tert-OH is 1. The van der Waals surface area contributed by atoms with Gasteiger partial charge in [0, 0.05) is 45.5 Å². The van der Waals surface area contributed by atoms with Crippen LogP contribution in [0.2, 0.25) is 0 Å². The Morgan fingerprint density at radius 2 is 1.93 bits per heavy atom. The molecule has 4 atom stereocenters. The fourth-order valence-electron chi connectivity index (χ4n) is 4.82. The zero-order valence-corrected chi connectivity index (χ0v) is 16.7. The van der Waals surface area contributed by atoms with Gasteiger partial charge >= 0.3 is 0 Å². The summed E-state index contributed by atoms with van der Waals surface area (Å²) in [4.78, 5) is 29.9. The van der Waals surface area contributed by atoms with Crippen LogP contribution in [-0.4, -0.2) is 96.0 Å². The van der Waals surface area contributed by atoms with Crippen molar-refractivity contribution in [2.75, 3.05) is 51.8 Å². The molecule has 160 valence electrons. The molecule has 0 bridgehead atoms. The van der Waals surface area contributed by atoms with Crippen molar-refractivity contribution < 1.29 is 24.5 Å². The van der Waals surface area contributed by atoms with E-state index in [0.717, 1.165) is 52.2 Å². The highest BCUT2D eigenvalue weighted by atomic mass is 16.5. The molecule has 0 unspecified atom stereocenters. The van der Waals surface area contributed by atoms with E-state index in [2.05, 4.69) is 15.2 Å². The van der Waals surface area contributed by atoms with Gasteiger partial charge < -0.3 is 25.2 Å². The Morgan fingerprint density at radius 1 is 1.28 bits per heavy atom. The highest BCUT2D eigenvalue weighted by Crippen LogP contribution is 2.39.